The van der Waals surface area contributed by atoms with Gasteiger partial charge < -0.3 is 20.2 Å². The fourth-order valence-corrected chi connectivity index (χ4v) is 4.25. The van der Waals surface area contributed by atoms with Crippen LogP contribution in [0.25, 0.3) is 0 Å². The lowest BCUT2D eigenvalue weighted by atomic mass is 9.85. The van der Waals surface area contributed by atoms with Gasteiger partial charge in [-0.1, -0.05) is 26.8 Å². The molecule has 0 amide bonds. The largest absolute Gasteiger partial charge is 0.591 e. The van der Waals surface area contributed by atoms with Crippen LogP contribution in [0.15, 0.2) is 39.6 Å². The Balaban J connectivity index is 1.92. The predicted molar refractivity (Wildman–Crippen MR) is 118 cm³/mol. The average Bonchev–Trinajstić information content (AvgIpc) is 3.29. The highest BCUT2D eigenvalue weighted by Crippen LogP contribution is 2.39. The van der Waals surface area contributed by atoms with Crippen molar-refractivity contribution in [1.29, 1.82) is 0 Å². The predicted octanol–water partition coefficient (Wildman–Crippen LogP) is 3.73. The molecule has 3 aromatic rings. The van der Waals surface area contributed by atoms with Crippen LogP contribution in [0.4, 0.5) is 17.3 Å². The second-order valence-electron chi connectivity index (χ2n) is 7.86. The first-order valence-electron chi connectivity index (χ1n) is 9.23. The third-order valence-corrected chi connectivity index (χ3v) is 6.50. The zero-order chi connectivity index (χ0) is 22.1. The molecule has 0 bridgehead atoms. The Hall–Kier alpha value is -2.63. The maximum Gasteiger partial charge on any atom is 0.298 e. The maximum absolute atomic E-state index is 12.2. The number of benzene rings is 1. The maximum atomic E-state index is 12.2. The number of aryl methyl sites for hydroxylation is 1. The van der Waals surface area contributed by atoms with Crippen LogP contribution in [0.1, 0.15) is 38.3 Å². The van der Waals surface area contributed by atoms with E-state index in [4.69, 9.17) is 9.52 Å². The molecule has 3 rings (SSSR count). The van der Waals surface area contributed by atoms with Gasteiger partial charge in [0, 0.05) is 0 Å². The Morgan fingerprint density at radius 1 is 1.13 bits per heavy atom. The molecule has 2 heterocycles. The van der Waals surface area contributed by atoms with Gasteiger partial charge in [-0.05, 0) is 43.7 Å². The topological polar surface area (TPSA) is 132 Å². The smallest absolute Gasteiger partial charge is 0.298 e. The Bertz CT molecular complexity index is 1130. The molecule has 5 N–H and O–H groups in total. The highest BCUT2D eigenvalue weighted by atomic mass is 32.2. The molecule has 9 nitrogen and oxygen atoms in total. The molecule has 0 aliphatic rings. The van der Waals surface area contributed by atoms with Gasteiger partial charge in [0.05, 0.1) is 17.8 Å². The summed E-state index contributed by atoms with van der Waals surface area (Å²) in [5, 5.41) is 14.7. The van der Waals surface area contributed by atoms with E-state index in [9.17, 15) is 8.42 Å². The van der Waals surface area contributed by atoms with Crippen molar-refractivity contribution < 1.29 is 17.9 Å². The van der Waals surface area contributed by atoms with E-state index in [-0.39, 0.29) is 22.1 Å². The lowest BCUT2D eigenvalue weighted by molar-refractivity contribution is 0.300. The van der Waals surface area contributed by atoms with Crippen LogP contribution >= 0.6 is 11.7 Å². The zero-order valence-corrected chi connectivity index (χ0v) is 19.0. The molecule has 0 saturated heterocycles. The van der Waals surface area contributed by atoms with Gasteiger partial charge in [0.25, 0.3) is 5.75 Å². The fraction of sp³-hybridized carbons (Fsp3) is 0.368. The van der Waals surface area contributed by atoms with Crippen molar-refractivity contribution in [2.75, 3.05) is 17.7 Å². The van der Waals surface area contributed by atoms with Crippen molar-refractivity contribution in [1.82, 2.24) is 13.5 Å². The van der Waals surface area contributed by atoms with Crippen LogP contribution in [-0.2, 0) is 10.0 Å². The van der Waals surface area contributed by atoms with E-state index < -0.39 is 10.0 Å². The van der Waals surface area contributed by atoms with Gasteiger partial charge in [0.15, 0.2) is 16.5 Å². The van der Waals surface area contributed by atoms with Gasteiger partial charge in [-0.15, -0.1) is 0 Å². The Morgan fingerprint density at radius 3 is 2.43 bits per heavy atom. The van der Waals surface area contributed by atoms with Crippen molar-refractivity contribution in [3.63, 3.8) is 0 Å². The molecule has 1 aromatic carbocycles. The van der Waals surface area contributed by atoms with Crippen LogP contribution in [0.3, 0.4) is 0 Å². The molecule has 0 saturated carbocycles. The summed E-state index contributed by atoms with van der Waals surface area (Å²) >= 11 is 1.01. The summed E-state index contributed by atoms with van der Waals surface area (Å²) in [5.74, 6) is 2.35. The minimum absolute atomic E-state index is 0.119. The number of nitrogens with one attached hydrogen (secondary N) is 3. The van der Waals surface area contributed by atoms with Gasteiger partial charge in [-0.3, -0.25) is 0 Å². The molecule has 0 spiro atoms. The number of furan rings is 1. The lowest BCUT2D eigenvalue weighted by Gasteiger charge is -2.30. The van der Waals surface area contributed by atoms with Gasteiger partial charge in [0.1, 0.15) is 17.2 Å². The first-order valence-corrected chi connectivity index (χ1v) is 11.4. The SMILES string of the molecule is CNS(=O)(=O)c1cccc(Nc2nsnc2N[C@@H](c2ccc(C)o2)C(C)(C)C)c1[OH2+]. The van der Waals surface area contributed by atoms with Crippen LogP contribution in [0.2, 0.25) is 0 Å². The second kappa shape index (κ2) is 8.25. The third-order valence-electron chi connectivity index (χ3n) is 4.52. The van der Waals surface area contributed by atoms with E-state index in [1.165, 1.54) is 13.1 Å². The van der Waals surface area contributed by atoms with Crippen LogP contribution in [0.5, 0.6) is 5.75 Å². The Morgan fingerprint density at radius 2 is 1.83 bits per heavy atom. The average molecular weight is 453 g/mol. The minimum atomic E-state index is -3.75. The molecule has 0 radical (unpaired) electrons. The summed E-state index contributed by atoms with van der Waals surface area (Å²) < 4.78 is 41.0. The standard InChI is InChI=1S/C19H25N5O4S2/c1-11-9-10-13(28-11)16(19(2,3)4)22-18-17(23-29-24-18)21-12-7-6-8-14(15(12)25)30(26,27)20-5/h6-10,16,20,25H,1-5H3,(H,21,23)(H,22,24)/p+1/t16-/m0/s1. The molecular weight excluding hydrogens is 426 g/mol. The van der Waals surface area contributed by atoms with E-state index in [2.05, 4.69) is 44.9 Å². The van der Waals surface area contributed by atoms with Crippen LogP contribution in [0, 0.1) is 12.3 Å². The van der Waals surface area contributed by atoms with Crippen molar-refractivity contribution in [2.45, 2.75) is 38.6 Å². The summed E-state index contributed by atoms with van der Waals surface area (Å²) in [4.78, 5) is -0.119. The van der Waals surface area contributed by atoms with Gasteiger partial charge >= 0.3 is 0 Å². The van der Waals surface area contributed by atoms with E-state index in [1.807, 2.05) is 19.1 Å². The lowest BCUT2D eigenvalue weighted by Crippen LogP contribution is -2.25. The summed E-state index contributed by atoms with van der Waals surface area (Å²) in [7, 11) is -2.44. The summed E-state index contributed by atoms with van der Waals surface area (Å²) in [5.41, 5.74) is 0.121. The fourth-order valence-electron chi connectivity index (χ4n) is 2.92. The van der Waals surface area contributed by atoms with Crippen LogP contribution in [-0.4, -0.2) is 29.3 Å². The van der Waals surface area contributed by atoms with Gasteiger partial charge in [-0.2, -0.15) is 8.75 Å². The number of hydrogen-bond donors (Lipinski definition) is 3. The molecule has 0 unspecified atom stereocenters. The summed E-state index contributed by atoms with van der Waals surface area (Å²) in [6.45, 7) is 8.15. The molecule has 0 aliphatic heterocycles. The van der Waals surface area contributed by atoms with Gasteiger partial charge in [-0.25, -0.2) is 13.1 Å². The number of anilines is 3. The number of para-hydroxylation sites is 1. The van der Waals surface area contributed by atoms with Crippen molar-refractivity contribution in [3.8, 4) is 5.75 Å². The number of rotatable bonds is 7. The monoisotopic (exact) mass is 452 g/mol. The molecular formula is C19H26N5O4S2+. The zero-order valence-electron chi connectivity index (χ0n) is 17.4. The third kappa shape index (κ3) is 4.58. The Kier molecular flexibility index (Phi) is 6.06. The second-order valence-corrected chi connectivity index (χ2v) is 10.2. The quantitative estimate of drug-likeness (QED) is 0.465. The highest BCUT2D eigenvalue weighted by Gasteiger charge is 2.31. The van der Waals surface area contributed by atoms with Gasteiger partial charge in [0.2, 0.25) is 10.0 Å². The Labute approximate surface area is 179 Å². The minimum Gasteiger partial charge on any atom is -0.591 e. The first kappa shape index (κ1) is 22.1. The first-order chi connectivity index (χ1) is 14.0. The van der Waals surface area contributed by atoms with Crippen molar-refractivity contribution in [2.24, 2.45) is 5.41 Å². The van der Waals surface area contributed by atoms with Crippen molar-refractivity contribution in [3.05, 3.63) is 41.9 Å². The molecule has 0 aliphatic carbocycles. The number of hydrogen-bond acceptors (Lipinski definition) is 8. The number of nitrogens with zero attached hydrogens (tertiary/aromatic N) is 2. The summed E-state index contributed by atoms with van der Waals surface area (Å²) in [6.07, 6.45) is 0. The highest BCUT2D eigenvalue weighted by molar-refractivity contribution is 7.89. The number of sulfonamides is 1. The molecule has 0 fully saturated rings. The van der Waals surface area contributed by atoms with Crippen LogP contribution < -0.4 is 15.4 Å². The van der Waals surface area contributed by atoms with E-state index in [0.717, 1.165) is 23.2 Å². The van der Waals surface area contributed by atoms with Crippen molar-refractivity contribution >= 4 is 39.1 Å². The molecule has 162 valence electrons. The summed E-state index contributed by atoms with van der Waals surface area (Å²) in [6, 6.07) is 8.24. The molecule has 1 atom stereocenters. The normalized spacial score (nSPS) is 13.2. The molecule has 2 aromatic heterocycles. The van der Waals surface area contributed by atoms with E-state index in [1.54, 1.807) is 12.1 Å². The number of aromatic nitrogens is 2. The van der Waals surface area contributed by atoms with E-state index in [0.29, 0.717) is 17.3 Å². The van der Waals surface area contributed by atoms with E-state index >= 15 is 0 Å². The molecule has 30 heavy (non-hydrogen) atoms. The molecule has 11 heteroatoms.